The van der Waals surface area contributed by atoms with Crippen molar-refractivity contribution in [1.29, 1.82) is 0 Å². The van der Waals surface area contributed by atoms with Crippen LogP contribution in [0, 0.1) is 12.3 Å². The van der Waals surface area contributed by atoms with Crippen molar-refractivity contribution in [3.63, 3.8) is 0 Å². The zero-order valence-corrected chi connectivity index (χ0v) is 12.9. The number of carbonyl (C=O) groups excluding carboxylic acids is 1. The Morgan fingerprint density at radius 2 is 2.22 bits per heavy atom. The first-order valence-corrected chi connectivity index (χ1v) is 7.99. The number of aromatic amines is 1. The standard InChI is InChI=1S/C17H19N3O3/c1-9-3-4-10-14(22)11(8-18-15(10)19-9)16(23)20-12-7-13(21)17(12)5-2-6-17/h3-4,8,12-13,21H,2,5-7H2,1H3,(H,20,23)(H,18,19,22). The number of carbonyl (C=O) groups is 1. The maximum absolute atomic E-state index is 12.5. The molecule has 0 aromatic carbocycles. The van der Waals surface area contributed by atoms with Crippen LogP contribution in [0.3, 0.4) is 0 Å². The van der Waals surface area contributed by atoms with Gasteiger partial charge in [-0.15, -0.1) is 0 Å². The zero-order valence-electron chi connectivity index (χ0n) is 12.9. The molecule has 2 atom stereocenters. The summed E-state index contributed by atoms with van der Waals surface area (Å²) in [5, 5.41) is 13.3. The fourth-order valence-corrected chi connectivity index (χ4v) is 3.84. The van der Waals surface area contributed by atoms with Crippen LogP contribution >= 0.6 is 0 Å². The molecule has 2 heterocycles. The summed E-state index contributed by atoms with van der Waals surface area (Å²) in [5.74, 6) is -0.378. The smallest absolute Gasteiger partial charge is 0.257 e. The number of nitrogens with one attached hydrogen (secondary N) is 2. The summed E-state index contributed by atoms with van der Waals surface area (Å²) in [6, 6.07) is 3.41. The van der Waals surface area contributed by atoms with E-state index < -0.39 is 0 Å². The lowest BCUT2D eigenvalue weighted by Crippen LogP contribution is -2.67. The first kappa shape index (κ1) is 14.4. The van der Waals surface area contributed by atoms with E-state index in [-0.39, 0.29) is 34.5 Å². The number of aromatic nitrogens is 2. The number of pyridine rings is 2. The summed E-state index contributed by atoms with van der Waals surface area (Å²) >= 11 is 0. The maximum Gasteiger partial charge on any atom is 0.257 e. The zero-order chi connectivity index (χ0) is 16.2. The minimum Gasteiger partial charge on any atom is -0.392 e. The van der Waals surface area contributed by atoms with Crippen LogP contribution in [0.5, 0.6) is 0 Å². The van der Waals surface area contributed by atoms with Crippen molar-refractivity contribution in [1.82, 2.24) is 15.3 Å². The van der Waals surface area contributed by atoms with E-state index in [1.54, 1.807) is 12.1 Å². The van der Waals surface area contributed by atoms with Crippen LogP contribution < -0.4 is 10.7 Å². The van der Waals surface area contributed by atoms with Gasteiger partial charge in [-0.25, -0.2) is 4.98 Å². The van der Waals surface area contributed by atoms with Crippen LogP contribution in [0.15, 0.2) is 23.1 Å². The third-order valence-electron chi connectivity index (χ3n) is 5.53. The molecular formula is C17H19N3O3. The molecule has 4 rings (SSSR count). The van der Waals surface area contributed by atoms with Crippen LogP contribution in [-0.2, 0) is 0 Å². The molecule has 3 N–H and O–H groups in total. The van der Waals surface area contributed by atoms with Gasteiger partial charge in [0.15, 0.2) is 0 Å². The van der Waals surface area contributed by atoms with Crippen molar-refractivity contribution in [2.75, 3.05) is 0 Å². The number of aliphatic hydroxyl groups is 1. The number of aryl methyl sites for hydroxylation is 1. The van der Waals surface area contributed by atoms with Gasteiger partial charge in [-0.1, -0.05) is 6.42 Å². The summed E-state index contributed by atoms with van der Waals surface area (Å²) in [4.78, 5) is 32.2. The first-order chi connectivity index (χ1) is 11.0. The van der Waals surface area contributed by atoms with E-state index in [0.29, 0.717) is 17.5 Å². The molecule has 2 aromatic rings. The van der Waals surface area contributed by atoms with Gasteiger partial charge in [0.1, 0.15) is 11.2 Å². The molecular weight excluding hydrogens is 294 g/mol. The number of H-pyrrole nitrogens is 1. The Morgan fingerprint density at radius 3 is 2.87 bits per heavy atom. The highest BCUT2D eigenvalue weighted by Gasteiger charge is 2.58. The van der Waals surface area contributed by atoms with E-state index in [4.69, 9.17) is 0 Å². The number of rotatable bonds is 2. The number of aliphatic hydroxyl groups excluding tert-OH is 1. The van der Waals surface area contributed by atoms with E-state index in [1.807, 2.05) is 6.92 Å². The van der Waals surface area contributed by atoms with Gasteiger partial charge in [0, 0.05) is 23.3 Å². The highest BCUT2D eigenvalue weighted by Crippen LogP contribution is 2.55. The number of hydrogen-bond donors (Lipinski definition) is 3. The second-order valence-electron chi connectivity index (χ2n) is 6.74. The van der Waals surface area contributed by atoms with Crippen LogP contribution in [0.2, 0.25) is 0 Å². The van der Waals surface area contributed by atoms with Crippen molar-refractivity contribution in [3.05, 3.63) is 39.8 Å². The molecule has 2 aliphatic carbocycles. The van der Waals surface area contributed by atoms with Crippen LogP contribution in [-0.4, -0.2) is 33.1 Å². The quantitative estimate of drug-likeness (QED) is 0.778. The van der Waals surface area contributed by atoms with Gasteiger partial charge in [0.25, 0.3) is 5.91 Å². The fraction of sp³-hybridized carbons (Fsp3) is 0.471. The predicted molar refractivity (Wildman–Crippen MR) is 85.3 cm³/mol. The third kappa shape index (κ3) is 2.01. The normalized spacial score (nSPS) is 25.0. The molecule has 0 bridgehead atoms. The van der Waals surface area contributed by atoms with Crippen molar-refractivity contribution in [3.8, 4) is 0 Å². The molecule has 1 amide bonds. The summed E-state index contributed by atoms with van der Waals surface area (Å²) in [5.41, 5.74) is 0.921. The Bertz CT molecular complexity index is 854. The molecule has 23 heavy (non-hydrogen) atoms. The van der Waals surface area contributed by atoms with Crippen molar-refractivity contribution in [2.45, 2.75) is 44.8 Å². The van der Waals surface area contributed by atoms with Gasteiger partial charge in [-0.05, 0) is 38.3 Å². The molecule has 6 heteroatoms. The van der Waals surface area contributed by atoms with Crippen molar-refractivity contribution in [2.24, 2.45) is 5.41 Å². The minimum atomic E-state index is -0.378. The second-order valence-corrected chi connectivity index (χ2v) is 6.74. The first-order valence-electron chi connectivity index (χ1n) is 7.99. The van der Waals surface area contributed by atoms with E-state index in [9.17, 15) is 14.7 Å². The SMILES string of the molecule is Cc1ccc2c(=O)c(C(=O)NC3CC(O)C34CCC4)c[nH]c2n1. The average Bonchev–Trinajstić information content (AvgIpc) is 2.44. The highest BCUT2D eigenvalue weighted by atomic mass is 16.3. The largest absolute Gasteiger partial charge is 0.392 e. The molecule has 2 aromatic heterocycles. The molecule has 2 aliphatic rings. The highest BCUT2D eigenvalue weighted by molar-refractivity contribution is 5.97. The van der Waals surface area contributed by atoms with Gasteiger partial charge in [0.2, 0.25) is 5.43 Å². The Morgan fingerprint density at radius 1 is 1.43 bits per heavy atom. The monoisotopic (exact) mass is 313 g/mol. The molecule has 1 spiro atoms. The summed E-state index contributed by atoms with van der Waals surface area (Å²) in [6.07, 6.45) is 4.63. The van der Waals surface area contributed by atoms with Crippen molar-refractivity contribution < 1.29 is 9.90 Å². The van der Waals surface area contributed by atoms with Gasteiger partial charge in [0.05, 0.1) is 11.5 Å². The Hall–Kier alpha value is -2.21. The topological polar surface area (TPSA) is 95.1 Å². The van der Waals surface area contributed by atoms with E-state index >= 15 is 0 Å². The van der Waals surface area contributed by atoms with Gasteiger partial charge < -0.3 is 15.4 Å². The second kappa shape index (κ2) is 4.89. The summed E-state index contributed by atoms with van der Waals surface area (Å²) < 4.78 is 0. The van der Waals surface area contributed by atoms with Crippen LogP contribution in [0.4, 0.5) is 0 Å². The maximum atomic E-state index is 12.5. The Balaban J connectivity index is 1.62. The molecule has 0 aliphatic heterocycles. The molecule has 2 fully saturated rings. The van der Waals surface area contributed by atoms with Gasteiger partial charge >= 0.3 is 0 Å². The lowest BCUT2D eigenvalue weighted by atomic mass is 9.51. The molecule has 0 radical (unpaired) electrons. The van der Waals surface area contributed by atoms with Crippen molar-refractivity contribution >= 4 is 16.9 Å². The Labute approximate surface area is 132 Å². The van der Waals surface area contributed by atoms with Gasteiger partial charge in [-0.3, -0.25) is 9.59 Å². The predicted octanol–water partition coefficient (Wildman–Crippen LogP) is 1.26. The lowest BCUT2D eigenvalue weighted by Gasteiger charge is -2.59. The van der Waals surface area contributed by atoms with Gasteiger partial charge in [-0.2, -0.15) is 0 Å². The van der Waals surface area contributed by atoms with Crippen LogP contribution in [0.25, 0.3) is 11.0 Å². The van der Waals surface area contributed by atoms with E-state index in [1.165, 1.54) is 6.20 Å². The van der Waals surface area contributed by atoms with Crippen LogP contribution in [0.1, 0.15) is 41.7 Å². The molecule has 0 saturated heterocycles. The number of nitrogens with zero attached hydrogens (tertiary/aromatic N) is 1. The number of fused-ring (bicyclic) bond motifs is 1. The van der Waals surface area contributed by atoms with E-state index in [2.05, 4.69) is 15.3 Å². The molecule has 120 valence electrons. The average molecular weight is 313 g/mol. The third-order valence-corrected chi connectivity index (χ3v) is 5.53. The lowest BCUT2D eigenvalue weighted by molar-refractivity contribution is -0.141. The molecule has 6 nitrogen and oxygen atoms in total. The molecule has 2 unspecified atom stereocenters. The number of hydrogen-bond acceptors (Lipinski definition) is 4. The Kier molecular flexibility index (Phi) is 3.06. The van der Waals surface area contributed by atoms with E-state index in [0.717, 1.165) is 25.0 Å². The minimum absolute atomic E-state index is 0.0370. The number of amides is 1. The fourth-order valence-electron chi connectivity index (χ4n) is 3.84. The molecule has 2 saturated carbocycles. The summed E-state index contributed by atoms with van der Waals surface area (Å²) in [7, 11) is 0. The summed E-state index contributed by atoms with van der Waals surface area (Å²) in [6.45, 7) is 1.85.